The summed E-state index contributed by atoms with van der Waals surface area (Å²) in [5.41, 5.74) is 0.913. The fourth-order valence-electron chi connectivity index (χ4n) is 7.02. The Hall–Kier alpha value is -4.22. The molecule has 0 radical (unpaired) electrons. The number of nitrogens with one attached hydrogen (secondary N) is 1. The average molecular weight is 744 g/mol. The normalized spacial score (nSPS) is 21.3. The van der Waals surface area contributed by atoms with E-state index in [9.17, 15) is 14.4 Å². The molecular weight excluding hydrogens is 690 g/mol. The molecule has 16 heteroatoms. The van der Waals surface area contributed by atoms with Crippen LogP contribution in [0, 0.1) is 0 Å². The molecule has 2 saturated heterocycles. The van der Waals surface area contributed by atoms with Crippen LogP contribution < -0.4 is 19.7 Å². The second kappa shape index (κ2) is 18.7. The van der Waals surface area contributed by atoms with Crippen molar-refractivity contribution in [2.24, 2.45) is 7.05 Å². The van der Waals surface area contributed by atoms with Gasteiger partial charge in [-0.3, -0.25) is 9.69 Å². The quantitative estimate of drug-likeness (QED) is 0.116. The van der Waals surface area contributed by atoms with Gasteiger partial charge in [0.15, 0.2) is 29.8 Å². The second-order valence-electron chi connectivity index (χ2n) is 13.1. The van der Waals surface area contributed by atoms with E-state index in [1.54, 1.807) is 46.5 Å². The van der Waals surface area contributed by atoms with Crippen molar-refractivity contribution in [1.82, 2.24) is 14.5 Å². The highest BCUT2D eigenvalue weighted by Crippen LogP contribution is 2.46. The summed E-state index contributed by atoms with van der Waals surface area (Å²) in [5.74, 6) is -1.18. The lowest BCUT2D eigenvalue weighted by Crippen LogP contribution is -2.62. The number of hydrogen-bond acceptors (Lipinski definition) is 13. The lowest BCUT2D eigenvalue weighted by molar-refractivity contribution is -0.243. The van der Waals surface area contributed by atoms with E-state index in [0.717, 1.165) is 38.6 Å². The smallest absolute Gasteiger partial charge is 0.416 e. The standard InChI is InChI=1S/C37H53N5O11/c1-7-18-52-36(45)42-27-22-29(50-20-13-15-31(43)38-30-23-40(3)33(39-30)35(44)49-8-2)28(46-4)21-25(27)37(47-5,48-6)24-41-17-11-9-14-26(41)34(42)53-32-16-10-12-19-51-32/h7,21-23,26,32,34H,1,8-20,24H2,2-6H3,(H,38,43)/t26-,32?,34-/m0/s1. The van der Waals surface area contributed by atoms with E-state index in [0.29, 0.717) is 48.7 Å². The first kappa shape index (κ1) is 40.0. The summed E-state index contributed by atoms with van der Waals surface area (Å²) in [6, 6.07) is 3.22. The molecule has 3 atom stereocenters. The van der Waals surface area contributed by atoms with E-state index in [1.807, 2.05) is 0 Å². The number of benzene rings is 1. The van der Waals surface area contributed by atoms with Gasteiger partial charge < -0.3 is 47.8 Å². The topological polar surface area (TPSA) is 161 Å². The Labute approximate surface area is 310 Å². The maximum absolute atomic E-state index is 14.2. The Morgan fingerprint density at radius 3 is 2.57 bits per heavy atom. The van der Waals surface area contributed by atoms with Crippen LogP contribution in [-0.4, -0.2) is 112 Å². The van der Waals surface area contributed by atoms with Crippen molar-refractivity contribution in [3.8, 4) is 11.5 Å². The molecule has 3 aliphatic heterocycles. The number of hydrogen-bond donors (Lipinski definition) is 1. The van der Waals surface area contributed by atoms with Gasteiger partial charge in [-0.15, -0.1) is 0 Å². The largest absolute Gasteiger partial charge is 0.493 e. The first-order valence-corrected chi connectivity index (χ1v) is 18.2. The number of imidazole rings is 1. The van der Waals surface area contributed by atoms with Crippen LogP contribution in [0.3, 0.4) is 0 Å². The fraction of sp³-hybridized carbons (Fsp3) is 0.622. The number of rotatable bonds is 15. The van der Waals surface area contributed by atoms with E-state index in [1.165, 1.54) is 22.7 Å². The van der Waals surface area contributed by atoms with Gasteiger partial charge in [0.2, 0.25) is 17.5 Å². The van der Waals surface area contributed by atoms with Crippen molar-refractivity contribution in [3.63, 3.8) is 0 Å². The zero-order valence-corrected chi connectivity index (χ0v) is 31.4. The number of amides is 2. The molecule has 0 aliphatic carbocycles. The summed E-state index contributed by atoms with van der Waals surface area (Å²) in [6.07, 6.45) is 6.79. The van der Waals surface area contributed by atoms with E-state index in [4.69, 9.17) is 37.9 Å². The number of ether oxygens (including phenoxy) is 8. The number of fused-ring (bicyclic) bond motifs is 2. The molecule has 1 aromatic heterocycles. The molecule has 5 rings (SSSR count). The third-order valence-electron chi connectivity index (χ3n) is 9.63. The molecule has 53 heavy (non-hydrogen) atoms. The van der Waals surface area contributed by atoms with Crippen molar-refractivity contribution in [2.45, 2.75) is 82.6 Å². The van der Waals surface area contributed by atoms with E-state index in [-0.39, 0.29) is 49.8 Å². The monoisotopic (exact) mass is 743 g/mol. The Balaban J connectivity index is 1.45. The zero-order valence-electron chi connectivity index (χ0n) is 31.4. The molecule has 1 N–H and O–H groups in total. The number of anilines is 2. The number of carbonyl (C=O) groups is 3. The Bertz CT molecular complexity index is 1570. The van der Waals surface area contributed by atoms with Crippen molar-refractivity contribution in [2.75, 3.05) is 71.1 Å². The van der Waals surface area contributed by atoms with Crippen LogP contribution in [0.25, 0.3) is 0 Å². The minimum atomic E-state index is -1.31. The molecule has 1 unspecified atom stereocenters. The van der Waals surface area contributed by atoms with Crippen LogP contribution in [0.15, 0.2) is 31.0 Å². The molecule has 0 saturated carbocycles. The van der Waals surface area contributed by atoms with Crippen LogP contribution >= 0.6 is 0 Å². The number of carbonyl (C=O) groups excluding carboxylic acids is 3. The number of aryl methyl sites for hydroxylation is 1. The lowest BCUT2D eigenvalue weighted by atomic mass is 9.92. The van der Waals surface area contributed by atoms with Crippen LogP contribution in [0.5, 0.6) is 11.5 Å². The summed E-state index contributed by atoms with van der Waals surface area (Å²) < 4.78 is 49.4. The Kier molecular flexibility index (Phi) is 14.1. The summed E-state index contributed by atoms with van der Waals surface area (Å²) in [6.45, 7) is 7.43. The van der Waals surface area contributed by atoms with Gasteiger partial charge in [0, 0.05) is 52.1 Å². The van der Waals surface area contributed by atoms with Crippen molar-refractivity contribution >= 4 is 29.5 Å². The molecule has 4 heterocycles. The van der Waals surface area contributed by atoms with Crippen LogP contribution in [0.2, 0.25) is 0 Å². The first-order valence-electron chi connectivity index (χ1n) is 18.2. The minimum absolute atomic E-state index is 0.0182. The summed E-state index contributed by atoms with van der Waals surface area (Å²) in [5, 5.41) is 2.71. The second-order valence-corrected chi connectivity index (χ2v) is 13.1. The molecule has 0 bridgehead atoms. The highest BCUT2D eigenvalue weighted by atomic mass is 16.7. The van der Waals surface area contributed by atoms with Crippen molar-refractivity contribution in [3.05, 3.63) is 42.4 Å². The molecule has 2 fully saturated rings. The SMILES string of the molecule is C=CCOC(=O)N1c2cc(OCCCC(=O)Nc3cn(C)c(C(=O)OCC)n3)c(OC)cc2C(OC)(OC)CN2CCCC[C@H]2[C@@H]1OC1CCCCO1. The maximum atomic E-state index is 14.2. The predicted octanol–water partition coefficient (Wildman–Crippen LogP) is 4.72. The highest BCUT2D eigenvalue weighted by molar-refractivity contribution is 5.92. The number of esters is 1. The third kappa shape index (κ3) is 9.30. The van der Waals surface area contributed by atoms with Gasteiger partial charge in [0.1, 0.15) is 6.61 Å². The molecule has 2 amide bonds. The van der Waals surface area contributed by atoms with E-state index in [2.05, 4.69) is 21.8 Å². The molecular formula is C37H53N5O11. The first-order chi connectivity index (χ1) is 25.7. The summed E-state index contributed by atoms with van der Waals surface area (Å²) in [4.78, 5) is 47.1. The number of piperidine rings is 1. The Morgan fingerprint density at radius 1 is 1.08 bits per heavy atom. The van der Waals surface area contributed by atoms with Crippen molar-refractivity contribution in [1.29, 1.82) is 0 Å². The van der Waals surface area contributed by atoms with Gasteiger partial charge in [0.25, 0.3) is 0 Å². The number of nitrogens with zero attached hydrogens (tertiary/aromatic N) is 4. The van der Waals surface area contributed by atoms with Gasteiger partial charge in [-0.2, -0.15) is 0 Å². The average Bonchev–Trinajstić information content (AvgIpc) is 3.54. The zero-order chi connectivity index (χ0) is 38.0. The molecule has 3 aliphatic rings. The van der Waals surface area contributed by atoms with Gasteiger partial charge in [0.05, 0.1) is 38.6 Å². The molecule has 292 valence electrons. The fourth-order valence-corrected chi connectivity index (χ4v) is 7.02. The van der Waals surface area contributed by atoms with Gasteiger partial charge in [-0.05, 0) is 58.1 Å². The van der Waals surface area contributed by atoms with Gasteiger partial charge in [-0.1, -0.05) is 19.1 Å². The number of aromatic nitrogens is 2. The van der Waals surface area contributed by atoms with Gasteiger partial charge >= 0.3 is 12.1 Å². The minimum Gasteiger partial charge on any atom is -0.493 e. The maximum Gasteiger partial charge on any atom is 0.416 e. The lowest BCUT2D eigenvalue weighted by Gasteiger charge is -2.50. The van der Waals surface area contributed by atoms with Crippen LogP contribution in [0.1, 0.15) is 74.5 Å². The predicted molar refractivity (Wildman–Crippen MR) is 193 cm³/mol. The van der Waals surface area contributed by atoms with Gasteiger partial charge in [-0.25, -0.2) is 19.5 Å². The Morgan fingerprint density at radius 2 is 1.87 bits per heavy atom. The summed E-state index contributed by atoms with van der Waals surface area (Å²) in [7, 11) is 6.31. The molecule has 16 nitrogen and oxygen atoms in total. The molecule has 1 aromatic carbocycles. The van der Waals surface area contributed by atoms with Crippen LogP contribution in [-0.2, 0) is 46.1 Å². The highest BCUT2D eigenvalue weighted by Gasteiger charge is 2.49. The number of methoxy groups -OCH3 is 3. The summed E-state index contributed by atoms with van der Waals surface area (Å²) >= 11 is 0. The third-order valence-corrected chi connectivity index (χ3v) is 9.63. The van der Waals surface area contributed by atoms with E-state index >= 15 is 0 Å². The molecule has 2 aromatic rings. The van der Waals surface area contributed by atoms with Crippen molar-refractivity contribution < 1.29 is 52.3 Å². The van der Waals surface area contributed by atoms with E-state index < -0.39 is 30.4 Å². The van der Waals surface area contributed by atoms with Crippen LogP contribution in [0.4, 0.5) is 16.3 Å². The molecule has 0 spiro atoms.